The predicted octanol–water partition coefficient (Wildman–Crippen LogP) is 5.90. The number of hydrogen-bond acceptors (Lipinski definition) is 14. The molecule has 5 fully saturated rings. The Morgan fingerprint density at radius 2 is 1.81 bits per heavy atom. The Kier molecular flexibility index (Phi) is 13.4. The van der Waals surface area contributed by atoms with Crippen LogP contribution in [0.5, 0.6) is 11.5 Å². The third-order valence-electron chi connectivity index (χ3n) is 13.0. The summed E-state index contributed by atoms with van der Waals surface area (Å²) >= 11 is 8.60. The highest BCUT2D eigenvalue weighted by Crippen LogP contribution is 2.47. The van der Waals surface area contributed by atoms with Crippen molar-refractivity contribution in [3.8, 4) is 22.2 Å². The minimum Gasteiger partial charge on any atom is -0.491 e. The topological polar surface area (TPSA) is 199 Å². The Labute approximate surface area is 401 Å². The van der Waals surface area contributed by atoms with Crippen molar-refractivity contribution in [1.29, 1.82) is 0 Å². The smallest absolute Gasteiger partial charge is 0.411 e. The lowest BCUT2D eigenvalue weighted by molar-refractivity contribution is -0.155. The van der Waals surface area contributed by atoms with Gasteiger partial charge < -0.3 is 29.2 Å². The lowest BCUT2D eigenvalue weighted by Crippen LogP contribution is -2.69. The van der Waals surface area contributed by atoms with Crippen LogP contribution in [0, 0.1) is 11.3 Å². The summed E-state index contributed by atoms with van der Waals surface area (Å²) in [6.45, 7) is 22.6. The fourth-order valence-corrected chi connectivity index (χ4v) is 11.8. The first-order valence-corrected chi connectivity index (χ1v) is 25.8. The molecule has 2 saturated carbocycles. The van der Waals surface area contributed by atoms with Crippen LogP contribution in [0.3, 0.4) is 0 Å². The number of halogens is 1. The number of piperazine rings is 1. The SMILES string of the molecule is C=C[C@@H]1C[C@]1(NC(=O)[C@@H]1C[C@@H](Oc2cc(-c3nc(C(C)C)cs3)nc3c(Cl)c(OCCN4CCOCC4)ccc23)[C@H]2CN(C(=O)OC(C)(C)C)[C@H](C(C)(C)C)C(=O)N21)C(=O)NS(=O)(=O)C1CC1. The van der Waals surface area contributed by atoms with Crippen LogP contribution < -0.4 is 19.5 Å². The van der Waals surface area contributed by atoms with E-state index < -0.39 is 85.8 Å². The van der Waals surface area contributed by atoms with Crippen molar-refractivity contribution in [1.82, 2.24) is 34.7 Å². The number of benzene rings is 1. The first-order valence-electron chi connectivity index (χ1n) is 23.0. The lowest BCUT2D eigenvalue weighted by atomic mass is 9.82. The fraction of sp³-hybridized carbons (Fsp3) is 0.617. The molecule has 0 radical (unpaired) electrons. The second-order valence-corrected chi connectivity index (χ2v) is 23.8. The predicted molar refractivity (Wildman–Crippen MR) is 254 cm³/mol. The van der Waals surface area contributed by atoms with E-state index in [9.17, 15) is 22.8 Å². The molecule has 3 aliphatic heterocycles. The number of sulfonamides is 1. The molecule has 6 atom stereocenters. The molecule has 4 amide bonds. The molecular weight excluding hydrogens is 922 g/mol. The van der Waals surface area contributed by atoms with Crippen molar-refractivity contribution < 1.29 is 46.5 Å². The van der Waals surface area contributed by atoms with Crippen LogP contribution >= 0.6 is 22.9 Å². The molecule has 364 valence electrons. The summed E-state index contributed by atoms with van der Waals surface area (Å²) in [5.41, 5.74) is -1.54. The number of aromatic nitrogens is 2. The van der Waals surface area contributed by atoms with Crippen LogP contribution in [0.25, 0.3) is 21.6 Å². The van der Waals surface area contributed by atoms with Crippen molar-refractivity contribution in [2.75, 3.05) is 46.0 Å². The summed E-state index contributed by atoms with van der Waals surface area (Å²) in [7, 11) is -3.95. The second kappa shape index (κ2) is 18.4. The average molecular weight is 985 g/mol. The fourth-order valence-electron chi connectivity index (χ4n) is 9.19. The van der Waals surface area contributed by atoms with Crippen molar-refractivity contribution in [3.05, 3.63) is 47.0 Å². The maximum atomic E-state index is 15.1. The molecular formula is C47H62ClN7O10S2. The number of thiazole rings is 1. The van der Waals surface area contributed by atoms with E-state index in [1.807, 2.05) is 32.2 Å². The van der Waals surface area contributed by atoms with Gasteiger partial charge >= 0.3 is 6.09 Å². The van der Waals surface area contributed by atoms with Gasteiger partial charge in [-0.25, -0.2) is 23.2 Å². The van der Waals surface area contributed by atoms with Gasteiger partial charge in [0.15, 0.2) is 0 Å². The van der Waals surface area contributed by atoms with E-state index in [1.54, 1.807) is 32.9 Å². The molecule has 0 unspecified atom stereocenters. The van der Waals surface area contributed by atoms with E-state index in [2.05, 4.69) is 35.4 Å². The van der Waals surface area contributed by atoms with E-state index >= 15 is 4.79 Å². The van der Waals surface area contributed by atoms with Gasteiger partial charge in [0.1, 0.15) is 63.2 Å². The molecule has 5 aliphatic rings. The Morgan fingerprint density at radius 3 is 2.42 bits per heavy atom. The highest BCUT2D eigenvalue weighted by atomic mass is 35.5. The monoisotopic (exact) mass is 983 g/mol. The lowest BCUT2D eigenvalue weighted by Gasteiger charge is -2.49. The Bertz CT molecular complexity index is 2550. The van der Waals surface area contributed by atoms with E-state index in [0.717, 1.165) is 18.8 Å². The maximum absolute atomic E-state index is 15.1. The summed E-state index contributed by atoms with van der Waals surface area (Å²) in [6.07, 6.45) is 0.857. The van der Waals surface area contributed by atoms with Crippen molar-refractivity contribution in [3.63, 3.8) is 0 Å². The minimum atomic E-state index is -3.95. The van der Waals surface area contributed by atoms with Gasteiger partial charge in [0.25, 0.3) is 5.91 Å². The zero-order valence-electron chi connectivity index (χ0n) is 39.4. The van der Waals surface area contributed by atoms with Crippen molar-refractivity contribution in [2.45, 2.75) is 128 Å². The van der Waals surface area contributed by atoms with Crippen molar-refractivity contribution in [2.24, 2.45) is 11.3 Å². The molecule has 3 aromatic rings. The van der Waals surface area contributed by atoms with E-state index in [1.165, 1.54) is 27.2 Å². The average Bonchev–Trinajstić information content (AvgIpc) is 4.15. The van der Waals surface area contributed by atoms with Crippen LogP contribution in [-0.4, -0.2) is 144 Å². The molecule has 0 bridgehead atoms. The summed E-state index contributed by atoms with van der Waals surface area (Å²) in [6, 6.07) is 2.21. The number of morpholine rings is 1. The van der Waals surface area contributed by atoms with Gasteiger partial charge in [-0.15, -0.1) is 17.9 Å². The van der Waals surface area contributed by atoms with E-state index in [4.69, 9.17) is 40.5 Å². The number of carbonyl (C=O) groups is 4. The second-order valence-electron chi connectivity index (χ2n) is 20.6. The number of amides is 4. The first-order chi connectivity index (χ1) is 31.5. The highest BCUT2D eigenvalue weighted by Gasteiger charge is 2.64. The number of nitrogens with zero attached hydrogens (tertiary/aromatic N) is 5. The third kappa shape index (κ3) is 10.1. The summed E-state index contributed by atoms with van der Waals surface area (Å²) < 4.78 is 52.7. The zero-order chi connectivity index (χ0) is 48.4. The van der Waals surface area contributed by atoms with Gasteiger partial charge in [0, 0.05) is 55.4 Å². The number of carbonyl (C=O) groups excluding carboxylic acids is 4. The Balaban J connectivity index is 1.17. The quantitative estimate of drug-likeness (QED) is 0.181. The van der Waals surface area contributed by atoms with Crippen LogP contribution in [0.1, 0.15) is 92.7 Å². The summed E-state index contributed by atoms with van der Waals surface area (Å²) in [5.74, 6) is -1.65. The molecule has 17 nitrogen and oxygen atoms in total. The van der Waals surface area contributed by atoms with Gasteiger partial charge in [-0.05, 0) is 63.5 Å². The molecule has 2 aliphatic carbocycles. The van der Waals surface area contributed by atoms with E-state index in [-0.39, 0.29) is 30.3 Å². The van der Waals surface area contributed by atoms with Gasteiger partial charge in [-0.2, -0.15) is 0 Å². The van der Waals surface area contributed by atoms with Crippen LogP contribution in [0.4, 0.5) is 4.79 Å². The van der Waals surface area contributed by atoms with Gasteiger partial charge in [0.05, 0.1) is 35.7 Å². The number of fused-ring (bicyclic) bond motifs is 2. The molecule has 1 aromatic carbocycles. The summed E-state index contributed by atoms with van der Waals surface area (Å²) in [5, 5.41) is 5.61. The van der Waals surface area contributed by atoms with Crippen LogP contribution in [0.2, 0.25) is 5.02 Å². The number of nitrogens with one attached hydrogen (secondary N) is 2. The molecule has 20 heteroatoms. The van der Waals surface area contributed by atoms with E-state index in [0.29, 0.717) is 72.3 Å². The number of pyridine rings is 1. The van der Waals surface area contributed by atoms with Gasteiger partial charge in [0.2, 0.25) is 21.8 Å². The highest BCUT2D eigenvalue weighted by molar-refractivity contribution is 7.91. The van der Waals surface area contributed by atoms with Gasteiger partial charge in [-0.3, -0.25) is 28.9 Å². The van der Waals surface area contributed by atoms with Crippen molar-refractivity contribution >= 4 is 67.7 Å². The zero-order valence-corrected chi connectivity index (χ0v) is 41.8. The summed E-state index contributed by atoms with van der Waals surface area (Å²) in [4.78, 5) is 72.9. The normalized spacial score (nSPS) is 25.8. The number of hydrogen-bond donors (Lipinski definition) is 2. The Morgan fingerprint density at radius 1 is 1.09 bits per heavy atom. The molecule has 3 saturated heterocycles. The maximum Gasteiger partial charge on any atom is 0.411 e. The third-order valence-corrected chi connectivity index (χ3v) is 16.1. The van der Waals surface area contributed by atoms with Crippen LogP contribution in [-0.2, 0) is 33.9 Å². The molecule has 2 aromatic heterocycles. The minimum absolute atomic E-state index is 0.0531. The molecule has 67 heavy (non-hydrogen) atoms. The number of rotatable bonds is 14. The standard InChI is InChI=1S/C47H62ClN7O10S2/c1-10-27-23-47(27,43(58)52-67(60,61)28-11-12-28)51-40(56)32-22-36(33-24-54(44(59)65-46(7,8)9)39(45(4,5)6)42(57)55(32)33)64-35-21-30(41-50-31(25-66-41)26(2)3)49-38-29(35)13-14-34(37(38)48)63-20-17-53-15-18-62-19-16-53/h10,13-14,21,25-28,32-33,36,39H,1,11-12,15-20,22-24H2,2-9H3,(H,51,56)(H,52,58)/t27-,32+,33-,36-,39+,47-/m1/s1. The molecule has 5 heterocycles. The number of ether oxygens (including phenoxy) is 4. The molecule has 2 N–H and O–H groups in total. The molecule has 0 spiro atoms. The first kappa shape index (κ1) is 48.9. The van der Waals surface area contributed by atoms with Gasteiger partial charge in [-0.1, -0.05) is 52.3 Å². The molecule has 8 rings (SSSR count). The Hall–Kier alpha value is -4.56. The van der Waals surface area contributed by atoms with Crippen LogP contribution in [0.15, 0.2) is 36.2 Å². The largest absolute Gasteiger partial charge is 0.491 e.